The quantitative estimate of drug-likeness (QED) is 0.572. The predicted octanol–water partition coefficient (Wildman–Crippen LogP) is 3.27. The van der Waals surface area contributed by atoms with Crippen molar-refractivity contribution in [2.24, 2.45) is 5.92 Å². The van der Waals surface area contributed by atoms with Gasteiger partial charge in [0.15, 0.2) is 0 Å². The average molecular weight is 376 g/mol. The Kier molecular flexibility index (Phi) is 6.24. The number of carbonyl (C=O) groups is 1. The Labute approximate surface area is 141 Å². The van der Waals surface area contributed by atoms with Crippen LogP contribution in [-0.2, 0) is 9.53 Å². The van der Waals surface area contributed by atoms with E-state index < -0.39 is 42.5 Å². The van der Waals surface area contributed by atoms with Crippen molar-refractivity contribution < 1.29 is 35.9 Å². The predicted molar refractivity (Wildman–Crippen MR) is 76.5 cm³/mol. The molecule has 0 spiro atoms. The molecule has 1 saturated heterocycles. The molecule has 0 bridgehead atoms. The molecule has 146 valence electrons. The zero-order chi connectivity index (χ0) is 18.7. The largest absolute Gasteiger partial charge is 0.434 e. The Morgan fingerprint density at radius 1 is 0.920 bits per heavy atom. The van der Waals surface area contributed by atoms with Crippen LogP contribution in [0.15, 0.2) is 0 Å². The fourth-order valence-electron chi connectivity index (χ4n) is 3.27. The van der Waals surface area contributed by atoms with E-state index >= 15 is 0 Å². The highest BCUT2D eigenvalue weighted by Gasteiger charge is 2.72. The molecule has 2 fully saturated rings. The third kappa shape index (κ3) is 4.58. The van der Waals surface area contributed by atoms with E-state index in [0.717, 1.165) is 6.42 Å². The number of hydrogen-bond donors (Lipinski definition) is 2. The van der Waals surface area contributed by atoms with Gasteiger partial charge in [-0.1, -0.05) is 19.3 Å². The molecule has 2 N–H and O–H groups in total. The van der Waals surface area contributed by atoms with Crippen LogP contribution >= 0.6 is 0 Å². The maximum absolute atomic E-state index is 13.4. The number of nitrogens with one attached hydrogen (secondary N) is 2. The normalized spacial score (nSPS) is 23.7. The summed E-state index contributed by atoms with van der Waals surface area (Å²) in [5.41, 5.74) is -4.47. The van der Waals surface area contributed by atoms with E-state index in [1.807, 2.05) is 0 Å². The van der Waals surface area contributed by atoms with Gasteiger partial charge in [-0.3, -0.25) is 10.1 Å². The lowest BCUT2D eigenvalue weighted by molar-refractivity contribution is -0.316. The minimum atomic E-state index is -5.74. The summed E-state index contributed by atoms with van der Waals surface area (Å²) in [6.45, 7) is -0.351. The molecule has 4 nitrogen and oxygen atoms in total. The van der Waals surface area contributed by atoms with E-state index in [9.17, 15) is 31.1 Å². The van der Waals surface area contributed by atoms with Crippen LogP contribution in [0.25, 0.3) is 0 Å². The molecule has 25 heavy (non-hydrogen) atoms. The summed E-state index contributed by atoms with van der Waals surface area (Å²) in [6.07, 6.45) is -8.63. The van der Waals surface area contributed by atoms with Crippen molar-refractivity contribution in [3.63, 3.8) is 0 Å². The number of hydrogen-bond acceptors (Lipinski definition) is 3. The molecule has 0 unspecified atom stereocenters. The molecule has 2 rings (SSSR count). The first-order valence-corrected chi connectivity index (χ1v) is 8.39. The fraction of sp³-hybridized carbons (Fsp3) is 0.933. The number of ether oxygens (including phenoxy) is 1. The molecule has 0 aromatic carbocycles. The molecule has 10 heteroatoms. The third-order valence-corrected chi connectivity index (χ3v) is 4.76. The first-order chi connectivity index (χ1) is 11.6. The Balaban J connectivity index is 2.20. The van der Waals surface area contributed by atoms with Gasteiger partial charge in [-0.15, -0.1) is 0 Å². The summed E-state index contributed by atoms with van der Waals surface area (Å²) in [5.74, 6) is -2.04. The molecular formula is C15H22F6N2O2. The van der Waals surface area contributed by atoms with Gasteiger partial charge in [-0.2, -0.15) is 26.3 Å². The van der Waals surface area contributed by atoms with Crippen molar-refractivity contribution in [1.29, 1.82) is 0 Å². The first-order valence-electron chi connectivity index (χ1n) is 8.39. The lowest BCUT2D eigenvalue weighted by Crippen LogP contribution is -2.76. The third-order valence-electron chi connectivity index (χ3n) is 4.76. The molecule has 1 heterocycles. The molecule has 1 aliphatic carbocycles. The van der Waals surface area contributed by atoms with Crippen molar-refractivity contribution in [2.45, 2.75) is 69.1 Å². The van der Waals surface area contributed by atoms with E-state index in [4.69, 9.17) is 4.74 Å². The number of halogens is 6. The van der Waals surface area contributed by atoms with Crippen molar-refractivity contribution in [2.75, 3.05) is 13.2 Å². The Bertz CT molecular complexity index is 440. The van der Waals surface area contributed by atoms with E-state index in [2.05, 4.69) is 0 Å². The van der Waals surface area contributed by atoms with Crippen LogP contribution in [0.4, 0.5) is 26.3 Å². The molecule has 1 saturated carbocycles. The van der Waals surface area contributed by atoms with Crippen molar-refractivity contribution in [3.05, 3.63) is 0 Å². The average Bonchev–Trinajstić information content (AvgIpc) is 3.03. The second-order valence-corrected chi connectivity index (χ2v) is 6.59. The maximum Gasteiger partial charge on any atom is 0.434 e. The summed E-state index contributed by atoms with van der Waals surface area (Å²) in [4.78, 5) is 12.1. The van der Waals surface area contributed by atoms with E-state index in [1.54, 1.807) is 0 Å². The monoisotopic (exact) mass is 376 g/mol. The van der Waals surface area contributed by atoms with Gasteiger partial charge in [-0.05, 0) is 25.7 Å². The summed E-state index contributed by atoms with van der Waals surface area (Å²) >= 11 is 0. The molecule has 2 aliphatic rings. The maximum atomic E-state index is 13.4. The second kappa shape index (κ2) is 7.69. The molecule has 1 aliphatic heterocycles. The summed E-state index contributed by atoms with van der Waals surface area (Å²) < 4.78 is 85.7. The molecule has 0 aromatic heterocycles. The summed E-state index contributed by atoms with van der Waals surface area (Å²) in [7, 11) is 0. The van der Waals surface area contributed by atoms with Gasteiger partial charge >= 0.3 is 12.4 Å². The highest BCUT2D eigenvalue weighted by Crippen LogP contribution is 2.42. The first kappa shape index (κ1) is 20.3. The smallest absolute Gasteiger partial charge is 0.377 e. The number of carbonyl (C=O) groups excluding carboxylic acids is 1. The van der Waals surface area contributed by atoms with E-state index in [-0.39, 0.29) is 0 Å². The standard InChI is InChI=1S/C15H22F6N2O2/c16-14(17,18)13(15(19,20)21,22-9-11-7-4-8-25-11)23-12(24)10-5-2-1-3-6-10/h10-11,22H,1-9H2,(H,23,24)/t11-/m1/s1. The minimum absolute atomic E-state index is 0.295. The fourth-order valence-corrected chi connectivity index (χ4v) is 3.27. The molecule has 0 radical (unpaired) electrons. The van der Waals surface area contributed by atoms with Crippen molar-refractivity contribution in [3.8, 4) is 0 Å². The van der Waals surface area contributed by atoms with Crippen LogP contribution < -0.4 is 10.6 Å². The topological polar surface area (TPSA) is 50.4 Å². The Morgan fingerprint density at radius 2 is 1.52 bits per heavy atom. The molecule has 1 amide bonds. The lowest BCUT2D eigenvalue weighted by atomic mass is 9.88. The van der Waals surface area contributed by atoms with Gasteiger partial charge in [0.1, 0.15) is 0 Å². The van der Waals surface area contributed by atoms with Gasteiger partial charge < -0.3 is 10.1 Å². The highest BCUT2D eigenvalue weighted by atomic mass is 19.4. The van der Waals surface area contributed by atoms with Crippen molar-refractivity contribution in [1.82, 2.24) is 10.6 Å². The van der Waals surface area contributed by atoms with Crippen LogP contribution in [0.3, 0.4) is 0 Å². The Morgan fingerprint density at radius 3 is 2.00 bits per heavy atom. The Hall–Kier alpha value is -1.03. The van der Waals surface area contributed by atoms with Crippen LogP contribution in [0.1, 0.15) is 44.9 Å². The van der Waals surface area contributed by atoms with Gasteiger partial charge in [0.25, 0.3) is 5.66 Å². The number of rotatable bonds is 5. The number of alkyl halides is 6. The summed E-state index contributed by atoms with van der Waals surface area (Å²) in [5, 5.41) is 2.77. The van der Waals surface area contributed by atoms with Gasteiger partial charge in [0, 0.05) is 19.1 Å². The van der Waals surface area contributed by atoms with E-state index in [0.29, 0.717) is 45.1 Å². The minimum Gasteiger partial charge on any atom is -0.377 e. The van der Waals surface area contributed by atoms with Crippen LogP contribution in [-0.4, -0.2) is 43.2 Å². The van der Waals surface area contributed by atoms with E-state index in [1.165, 1.54) is 10.6 Å². The SMILES string of the molecule is O=C(NC(NC[C@H]1CCCO1)(C(F)(F)F)C(F)(F)F)C1CCCCC1. The molecule has 1 atom stereocenters. The zero-order valence-corrected chi connectivity index (χ0v) is 13.6. The van der Waals surface area contributed by atoms with Gasteiger partial charge in [0.2, 0.25) is 5.91 Å². The zero-order valence-electron chi connectivity index (χ0n) is 13.6. The second-order valence-electron chi connectivity index (χ2n) is 6.59. The summed E-state index contributed by atoms with van der Waals surface area (Å²) in [6, 6.07) is 0. The van der Waals surface area contributed by atoms with Crippen LogP contribution in [0.2, 0.25) is 0 Å². The molecular weight excluding hydrogens is 354 g/mol. The number of amides is 1. The van der Waals surface area contributed by atoms with Crippen LogP contribution in [0, 0.1) is 5.92 Å². The van der Waals surface area contributed by atoms with Crippen molar-refractivity contribution >= 4 is 5.91 Å². The van der Waals surface area contributed by atoms with Gasteiger partial charge in [-0.25, -0.2) is 0 Å². The molecule has 0 aromatic rings. The van der Waals surface area contributed by atoms with Gasteiger partial charge in [0.05, 0.1) is 6.10 Å². The highest BCUT2D eigenvalue weighted by molar-refractivity contribution is 5.79. The lowest BCUT2D eigenvalue weighted by Gasteiger charge is -2.40. The van der Waals surface area contributed by atoms with Crippen LogP contribution in [0.5, 0.6) is 0 Å².